The first-order chi connectivity index (χ1) is 12.0. The van der Waals surface area contributed by atoms with Crippen LogP contribution in [0.25, 0.3) is 16.9 Å². The number of aromatic nitrogens is 2. The molecule has 0 aliphatic carbocycles. The van der Waals surface area contributed by atoms with Crippen LogP contribution < -0.4 is 5.73 Å². The number of nitrogens with two attached hydrogens (primary N) is 1. The third kappa shape index (κ3) is 3.97. The van der Waals surface area contributed by atoms with Gasteiger partial charge >= 0.3 is 0 Å². The first-order valence-corrected chi connectivity index (χ1v) is 10.0. The molecule has 0 atom stereocenters. The molecule has 2 aromatic carbocycles. The largest absolute Gasteiger partial charge is 0.330 e. The highest BCUT2D eigenvalue weighted by Gasteiger charge is 2.13. The molecule has 6 heteroatoms. The lowest BCUT2D eigenvalue weighted by Crippen LogP contribution is -2.03. The molecule has 1 heterocycles. The average Bonchev–Trinajstić information content (AvgIpc) is 3.04. The second kappa shape index (κ2) is 7.21. The van der Waals surface area contributed by atoms with Crippen LogP contribution >= 0.6 is 0 Å². The Morgan fingerprint density at radius 1 is 1.04 bits per heavy atom. The van der Waals surface area contributed by atoms with Gasteiger partial charge in [-0.05, 0) is 49.7 Å². The second-order valence-corrected chi connectivity index (χ2v) is 7.97. The molecule has 130 valence electrons. The van der Waals surface area contributed by atoms with Crippen LogP contribution in [0.15, 0.2) is 65.6 Å². The van der Waals surface area contributed by atoms with Gasteiger partial charge in [0.05, 0.1) is 22.0 Å². The van der Waals surface area contributed by atoms with Gasteiger partial charge in [-0.25, -0.2) is 13.1 Å². The summed E-state index contributed by atoms with van der Waals surface area (Å²) >= 11 is 0. The molecular weight excluding hydrogens is 334 g/mol. The van der Waals surface area contributed by atoms with Crippen molar-refractivity contribution in [3.63, 3.8) is 0 Å². The van der Waals surface area contributed by atoms with Gasteiger partial charge in [0.2, 0.25) is 0 Å². The highest BCUT2D eigenvalue weighted by atomic mass is 32.2. The third-order valence-corrected chi connectivity index (χ3v) is 5.10. The third-order valence-electron chi connectivity index (χ3n) is 3.98. The molecule has 2 N–H and O–H groups in total. The molecule has 3 aromatic rings. The average molecular weight is 355 g/mol. The summed E-state index contributed by atoms with van der Waals surface area (Å²) in [6, 6.07) is 18.9. The van der Waals surface area contributed by atoms with E-state index in [1.807, 2.05) is 35.0 Å². The summed E-state index contributed by atoms with van der Waals surface area (Å²) < 4.78 is 25.2. The standard InChI is InChI=1S/C19H21N3O2S/c1-25(23,24)18-11-9-17(10-12-18)22-19(15-6-3-2-4-7-15)14-16(21-22)8-5-13-20/h2-4,6-7,9-12,14H,5,8,13,20H2,1H3. The number of aryl methyl sites for hydroxylation is 1. The van der Waals surface area contributed by atoms with Crippen LogP contribution in [0.2, 0.25) is 0 Å². The van der Waals surface area contributed by atoms with Crippen LogP contribution in [0.5, 0.6) is 0 Å². The van der Waals surface area contributed by atoms with Crippen LogP contribution in [0.4, 0.5) is 0 Å². The molecule has 0 spiro atoms. The first kappa shape index (κ1) is 17.4. The van der Waals surface area contributed by atoms with Crippen LogP contribution in [0.3, 0.4) is 0 Å². The van der Waals surface area contributed by atoms with Crippen molar-refractivity contribution in [3.8, 4) is 16.9 Å². The molecule has 0 aliphatic rings. The summed E-state index contributed by atoms with van der Waals surface area (Å²) in [6.45, 7) is 0.622. The Kier molecular flexibility index (Phi) is 5.01. The molecule has 0 saturated carbocycles. The van der Waals surface area contributed by atoms with Crippen molar-refractivity contribution in [2.75, 3.05) is 12.8 Å². The van der Waals surface area contributed by atoms with E-state index < -0.39 is 9.84 Å². The van der Waals surface area contributed by atoms with Gasteiger partial charge in [-0.1, -0.05) is 30.3 Å². The maximum atomic E-state index is 11.7. The van der Waals surface area contributed by atoms with E-state index in [-0.39, 0.29) is 0 Å². The summed E-state index contributed by atoms with van der Waals surface area (Å²) in [5.74, 6) is 0. The Morgan fingerprint density at radius 3 is 2.32 bits per heavy atom. The molecule has 1 aromatic heterocycles. The molecule has 0 amide bonds. The first-order valence-electron chi connectivity index (χ1n) is 8.14. The van der Waals surface area contributed by atoms with Crippen LogP contribution in [-0.4, -0.2) is 31.0 Å². The maximum Gasteiger partial charge on any atom is 0.175 e. The molecule has 0 bridgehead atoms. The zero-order valence-electron chi connectivity index (χ0n) is 14.1. The number of sulfone groups is 1. The smallest absolute Gasteiger partial charge is 0.175 e. The van der Waals surface area contributed by atoms with Gasteiger partial charge in [-0.15, -0.1) is 0 Å². The van der Waals surface area contributed by atoms with E-state index >= 15 is 0 Å². The highest BCUT2D eigenvalue weighted by Crippen LogP contribution is 2.25. The van der Waals surface area contributed by atoms with Crippen molar-refractivity contribution in [1.82, 2.24) is 9.78 Å². The fourth-order valence-corrected chi connectivity index (χ4v) is 3.31. The summed E-state index contributed by atoms with van der Waals surface area (Å²) in [7, 11) is -3.21. The van der Waals surface area contributed by atoms with Gasteiger partial charge in [0.25, 0.3) is 0 Å². The van der Waals surface area contributed by atoms with Gasteiger partial charge in [-0.3, -0.25) is 0 Å². The molecule has 0 radical (unpaired) electrons. The molecule has 3 rings (SSSR count). The zero-order valence-corrected chi connectivity index (χ0v) is 14.9. The fraction of sp³-hybridized carbons (Fsp3) is 0.211. The van der Waals surface area contributed by atoms with Crippen molar-refractivity contribution in [2.24, 2.45) is 5.73 Å². The van der Waals surface area contributed by atoms with Crippen LogP contribution in [0.1, 0.15) is 12.1 Å². The van der Waals surface area contributed by atoms with E-state index in [0.717, 1.165) is 35.5 Å². The topological polar surface area (TPSA) is 78.0 Å². The second-order valence-electron chi connectivity index (χ2n) is 5.96. The fourth-order valence-electron chi connectivity index (χ4n) is 2.68. The minimum Gasteiger partial charge on any atom is -0.330 e. The molecular formula is C19H21N3O2S. The lowest BCUT2D eigenvalue weighted by molar-refractivity contribution is 0.602. The zero-order chi connectivity index (χ0) is 17.9. The summed E-state index contributed by atoms with van der Waals surface area (Å²) in [4.78, 5) is 0.299. The molecule has 0 unspecified atom stereocenters. The molecule has 0 aliphatic heterocycles. The highest BCUT2D eigenvalue weighted by molar-refractivity contribution is 7.90. The minimum atomic E-state index is -3.21. The Hall–Kier alpha value is -2.44. The van der Waals surface area contributed by atoms with Crippen molar-refractivity contribution in [2.45, 2.75) is 17.7 Å². The predicted octanol–water partition coefficient (Wildman–Crippen LogP) is 2.83. The monoisotopic (exact) mass is 355 g/mol. The van der Waals surface area contributed by atoms with Crippen LogP contribution in [-0.2, 0) is 16.3 Å². The van der Waals surface area contributed by atoms with E-state index in [9.17, 15) is 8.42 Å². The number of rotatable bonds is 6. The normalized spacial score (nSPS) is 11.6. The number of hydrogen-bond acceptors (Lipinski definition) is 4. The van der Waals surface area contributed by atoms with Crippen molar-refractivity contribution >= 4 is 9.84 Å². The Balaban J connectivity index is 2.06. The summed E-state index contributed by atoms with van der Waals surface area (Å²) in [5, 5.41) is 4.70. The van der Waals surface area contributed by atoms with Gasteiger partial charge < -0.3 is 5.73 Å². The van der Waals surface area contributed by atoms with E-state index in [0.29, 0.717) is 11.4 Å². The minimum absolute atomic E-state index is 0.299. The molecule has 25 heavy (non-hydrogen) atoms. The van der Waals surface area contributed by atoms with Gasteiger partial charge in [0, 0.05) is 11.8 Å². The van der Waals surface area contributed by atoms with E-state index in [1.165, 1.54) is 6.26 Å². The van der Waals surface area contributed by atoms with Gasteiger partial charge in [0.15, 0.2) is 9.84 Å². The number of hydrogen-bond donors (Lipinski definition) is 1. The van der Waals surface area contributed by atoms with E-state index in [4.69, 9.17) is 10.8 Å². The van der Waals surface area contributed by atoms with Crippen molar-refractivity contribution in [3.05, 3.63) is 66.4 Å². The summed E-state index contributed by atoms with van der Waals surface area (Å²) in [5.41, 5.74) is 9.43. The Bertz CT molecular complexity index is 946. The van der Waals surface area contributed by atoms with Gasteiger partial charge in [0.1, 0.15) is 0 Å². The Morgan fingerprint density at radius 2 is 1.72 bits per heavy atom. The SMILES string of the molecule is CS(=O)(=O)c1ccc(-n2nc(CCCN)cc2-c2ccccc2)cc1. The molecule has 5 nitrogen and oxygen atoms in total. The predicted molar refractivity (Wildman–Crippen MR) is 99.5 cm³/mol. The Labute approximate surface area is 148 Å². The van der Waals surface area contributed by atoms with Gasteiger partial charge in [-0.2, -0.15) is 5.10 Å². The lowest BCUT2D eigenvalue weighted by atomic mass is 10.1. The van der Waals surface area contributed by atoms with Crippen molar-refractivity contribution < 1.29 is 8.42 Å². The van der Waals surface area contributed by atoms with Crippen LogP contribution in [0, 0.1) is 0 Å². The van der Waals surface area contributed by atoms with Crippen molar-refractivity contribution in [1.29, 1.82) is 0 Å². The number of benzene rings is 2. The molecule has 0 saturated heterocycles. The lowest BCUT2D eigenvalue weighted by Gasteiger charge is -2.08. The summed E-state index contributed by atoms with van der Waals surface area (Å²) in [6.07, 6.45) is 2.89. The van der Waals surface area contributed by atoms with E-state index in [1.54, 1.807) is 24.3 Å². The maximum absolute atomic E-state index is 11.7. The number of nitrogens with zero attached hydrogens (tertiary/aromatic N) is 2. The molecule has 0 fully saturated rings. The quantitative estimate of drug-likeness (QED) is 0.737. The van der Waals surface area contributed by atoms with E-state index in [2.05, 4.69) is 6.07 Å².